The monoisotopic (exact) mass is 326 g/mol. The van der Waals surface area contributed by atoms with Crippen molar-refractivity contribution in [3.63, 3.8) is 0 Å². The summed E-state index contributed by atoms with van der Waals surface area (Å²) in [6.45, 7) is 1.60. The van der Waals surface area contributed by atoms with Crippen molar-refractivity contribution < 1.29 is 19.1 Å². The lowest BCUT2D eigenvalue weighted by atomic mass is 10.2. The van der Waals surface area contributed by atoms with Gasteiger partial charge in [0.2, 0.25) is 5.91 Å². The van der Waals surface area contributed by atoms with Gasteiger partial charge in [0, 0.05) is 5.69 Å². The van der Waals surface area contributed by atoms with Gasteiger partial charge in [-0.05, 0) is 43.3 Å². The van der Waals surface area contributed by atoms with Crippen LogP contribution in [0.5, 0.6) is 11.5 Å². The minimum atomic E-state index is -0.617. The van der Waals surface area contributed by atoms with Gasteiger partial charge in [-0.2, -0.15) is 0 Å². The predicted octanol–water partition coefficient (Wildman–Crippen LogP) is 2.45. The van der Waals surface area contributed by atoms with Crippen molar-refractivity contribution in [3.05, 3.63) is 48.5 Å². The number of carbonyl (C=O) groups excluding carboxylic acids is 2. The smallest absolute Gasteiger partial charge is 0.268 e. The Labute approximate surface area is 140 Å². The van der Waals surface area contributed by atoms with Crippen molar-refractivity contribution in [2.24, 2.45) is 0 Å². The minimum Gasteiger partial charge on any atom is -0.497 e. The molecule has 2 aromatic carbocycles. The first-order valence-electron chi connectivity index (χ1n) is 7.59. The first-order chi connectivity index (χ1) is 11.6. The molecule has 0 fully saturated rings. The fourth-order valence-corrected chi connectivity index (χ4v) is 2.54. The van der Waals surface area contributed by atoms with Crippen LogP contribution in [0.15, 0.2) is 48.5 Å². The molecule has 1 atom stereocenters. The number of methoxy groups -OCH3 is 1. The van der Waals surface area contributed by atoms with Crippen LogP contribution in [0, 0.1) is 0 Å². The van der Waals surface area contributed by atoms with Crippen LogP contribution in [0.3, 0.4) is 0 Å². The molecule has 0 spiro atoms. The molecule has 0 aliphatic carbocycles. The molecule has 1 aliphatic heterocycles. The van der Waals surface area contributed by atoms with E-state index in [0.717, 1.165) is 0 Å². The number of anilines is 2. The Bertz CT molecular complexity index is 758. The van der Waals surface area contributed by atoms with Gasteiger partial charge in [-0.3, -0.25) is 14.5 Å². The number of carbonyl (C=O) groups is 2. The Kier molecular flexibility index (Phi) is 4.37. The zero-order valence-electron chi connectivity index (χ0n) is 13.5. The quantitative estimate of drug-likeness (QED) is 0.937. The standard InChI is InChI=1S/C18H18N2O4/c1-12-18(22)20(15-5-3-4-6-16(15)24-12)11-17(21)19-13-7-9-14(23-2)10-8-13/h3-10,12H,11H2,1-2H3,(H,19,21)/t12-/m0/s1. The van der Waals surface area contributed by atoms with E-state index in [1.54, 1.807) is 56.5 Å². The maximum absolute atomic E-state index is 12.4. The lowest BCUT2D eigenvalue weighted by Crippen LogP contribution is -2.47. The van der Waals surface area contributed by atoms with Gasteiger partial charge in [0.05, 0.1) is 12.8 Å². The average Bonchev–Trinajstić information content (AvgIpc) is 2.59. The first kappa shape index (κ1) is 15.9. The van der Waals surface area contributed by atoms with Crippen LogP contribution < -0.4 is 19.7 Å². The number of rotatable bonds is 4. The van der Waals surface area contributed by atoms with Gasteiger partial charge in [0.25, 0.3) is 5.91 Å². The molecule has 24 heavy (non-hydrogen) atoms. The van der Waals surface area contributed by atoms with E-state index in [2.05, 4.69) is 5.32 Å². The fraction of sp³-hybridized carbons (Fsp3) is 0.222. The van der Waals surface area contributed by atoms with E-state index in [9.17, 15) is 9.59 Å². The van der Waals surface area contributed by atoms with Crippen LogP contribution in [0.4, 0.5) is 11.4 Å². The second-order valence-electron chi connectivity index (χ2n) is 5.43. The van der Waals surface area contributed by atoms with Crippen molar-refractivity contribution in [2.45, 2.75) is 13.0 Å². The number of benzene rings is 2. The van der Waals surface area contributed by atoms with Gasteiger partial charge in [-0.1, -0.05) is 12.1 Å². The van der Waals surface area contributed by atoms with Crippen molar-refractivity contribution >= 4 is 23.2 Å². The summed E-state index contributed by atoms with van der Waals surface area (Å²) in [7, 11) is 1.58. The third-order valence-corrected chi connectivity index (χ3v) is 3.75. The Balaban J connectivity index is 1.74. The maximum Gasteiger partial charge on any atom is 0.268 e. The summed E-state index contributed by atoms with van der Waals surface area (Å²) in [5.74, 6) is 0.789. The molecular formula is C18H18N2O4. The van der Waals surface area contributed by atoms with E-state index in [1.165, 1.54) is 4.90 Å². The Hall–Kier alpha value is -3.02. The SMILES string of the molecule is COc1ccc(NC(=O)CN2C(=O)[C@H](C)Oc3ccccc32)cc1. The number of fused-ring (bicyclic) bond motifs is 1. The van der Waals surface area contributed by atoms with E-state index in [-0.39, 0.29) is 18.4 Å². The highest BCUT2D eigenvalue weighted by atomic mass is 16.5. The second-order valence-corrected chi connectivity index (χ2v) is 5.43. The molecule has 0 saturated heterocycles. The fourth-order valence-electron chi connectivity index (χ4n) is 2.54. The summed E-state index contributed by atoms with van der Waals surface area (Å²) in [5, 5.41) is 2.78. The van der Waals surface area contributed by atoms with Gasteiger partial charge < -0.3 is 14.8 Å². The highest BCUT2D eigenvalue weighted by molar-refractivity contribution is 6.06. The van der Waals surface area contributed by atoms with E-state index in [4.69, 9.17) is 9.47 Å². The van der Waals surface area contributed by atoms with Crippen LogP contribution in [0.1, 0.15) is 6.92 Å². The Morgan fingerprint density at radius 1 is 1.21 bits per heavy atom. The summed E-state index contributed by atoms with van der Waals surface area (Å²) in [6.07, 6.45) is -0.617. The number of para-hydroxylation sites is 2. The largest absolute Gasteiger partial charge is 0.497 e. The number of nitrogens with zero attached hydrogens (tertiary/aromatic N) is 1. The highest BCUT2D eigenvalue weighted by Gasteiger charge is 2.32. The van der Waals surface area contributed by atoms with E-state index < -0.39 is 6.10 Å². The summed E-state index contributed by atoms with van der Waals surface area (Å²) in [4.78, 5) is 26.1. The summed E-state index contributed by atoms with van der Waals surface area (Å²) >= 11 is 0. The zero-order chi connectivity index (χ0) is 17.1. The number of hydrogen-bond acceptors (Lipinski definition) is 4. The number of amides is 2. The van der Waals surface area contributed by atoms with E-state index in [0.29, 0.717) is 22.9 Å². The molecule has 2 amide bonds. The summed E-state index contributed by atoms with van der Waals surface area (Å²) < 4.78 is 10.6. The lowest BCUT2D eigenvalue weighted by Gasteiger charge is -2.32. The molecule has 0 aromatic heterocycles. The van der Waals surface area contributed by atoms with Crippen LogP contribution in [0.2, 0.25) is 0 Å². The molecule has 0 unspecified atom stereocenters. The van der Waals surface area contributed by atoms with E-state index in [1.807, 2.05) is 6.07 Å². The molecular weight excluding hydrogens is 308 g/mol. The molecule has 2 aromatic rings. The predicted molar refractivity (Wildman–Crippen MR) is 90.5 cm³/mol. The van der Waals surface area contributed by atoms with Crippen LogP contribution in [0.25, 0.3) is 0 Å². The summed E-state index contributed by atoms with van der Waals surface area (Å²) in [6, 6.07) is 14.2. The van der Waals surface area contributed by atoms with Gasteiger partial charge in [-0.25, -0.2) is 0 Å². The summed E-state index contributed by atoms with van der Waals surface area (Å²) in [5.41, 5.74) is 1.24. The molecule has 124 valence electrons. The van der Waals surface area contributed by atoms with Crippen LogP contribution in [-0.4, -0.2) is 31.6 Å². The van der Waals surface area contributed by atoms with Crippen molar-refractivity contribution in [1.29, 1.82) is 0 Å². The third kappa shape index (κ3) is 3.17. The van der Waals surface area contributed by atoms with E-state index >= 15 is 0 Å². The van der Waals surface area contributed by atoms with Gasteiger partial charge in [-0.15, -0.1) is 0 Å². The molecule has 6 nitrogen and oxygen atoms in total. The Morgan fingerprint density at radius 3 is 2.62 bits per heavy atom. The molecule has 0 radical (unpaired) electrons. The average molecular weight is 326 g/mol. The Morgan fingerprint density at radius 2 is 1.92 bits per heavy atom. The zero-order valence-corrected chi connectivity index (χ0v) is 13.5. The van der Waals surface area contributed by atoms with Gasteiger partial charge >= 0.3 is 0 Å². The lowest BCUT2D eigenvalue weighted by molar-refractivity contribution is -0.127. The molecule has 1 heterocycles. The molecule has 0 bridgehead atoms. The molecule has 1 aliphatic rings. The molecule has 1 N–H and O–H groups in total. The molecule has 6 heteroatoms. The molecule has 3 rings (SSSR count). The van der Waals surface area contributed by atoms with Crippen LogP contribution in [-0.2, 0) is 9.59 Å². The van der Waals surface area contributed by atoms with Crippen molar-refractivity contribution in [1.82, 2.24) is 0 Å². The van der Waals surface area contributed by atoms with Crippen LogP contribution >= 0.6 is 0 Å². The maximum atomic E-state index is 12.4. The highest BCUT2D eigenvalue weighted by Crippen LogP contribution is 2.33. The number of ether oxygens (including phenoxy) is 2. The van der Waals surface area contributed by atoms with Crippen molar-refractivity contribution in [2.75, 3.05) is 23.9 Å². The normalized spacial score (nSPS) is 16.2. The second kappa shape index (κ2) is 6.62. The first-order valence-corrected chi connectivity index (χ1v) is 7.59. The van der Waals surface area contributed by atoms with Gasteiger partial charge in [0.15, 0.2) is 6.10 Å². The topological polar surface area (TPSA) is 67.9 Å². The van der Waals surface area contributed by atoms with Crippen molar-refractivity contribution in [3.8, 4) is 11.5 Å². The number of nitrogens with one attached hydrogen (secondary N) is 1. The van der Waals surface area contributed by atoms with Gasteiger partial charge in [0.1, 0.15) is 18.0 Å². The number of hydrogen-bond donors (Lipinski definition) is 1. The molecule has 0 saturated carbocycles. The third-order valence-electron chi connectivity index (χ3n) is 3.75. The minimum absolute atomic E-state index is 0.0738.